The monoisotopic (exact) mass is 672 g/mol. The molecule has 2 aliphatic rings. The molecule has 0 unspecified atom stereocenters. The second-order valence-electron chi connectivity index (χ2n) is 11.7. The standard InChI is InChI=1S/C32H41ClN6O4S2/c1-20-26(38-31(45-20)22-9-12-35-13-10-22)17-28(40)39-18-24(43-19-21-5-7-23(33)8-6-21)16-27(39)30(42)37-25(4-2-3-11-34)29(41)32-36-14-15-44-32/h5-8,14-15,22,24-25,27,35H,2-4,9-13,16-19,34H2,1H3,(H,37,42)/t24-,25+,27+/m1/s1. The predicted molar refractivity (Wildman–Crippen MR) is 177 cm³/mol. The first-order chi connectivity index (χ1) is 21.8. The summed E-state index contributed by atoms with van der Waals surface area (Å²) in [5.41, 5.74) is 7.41. The fourth-order valence-electron chi connectivity index (χ4n) is 5.86. The minimum absolute atomic E-state index is 0.110. The molecule has 45 heavy (non-hydrogen) atoms. The number of aromatic nitrogens is 2. The Hall–Kier alpha value is -2.74. The molecule has 0 radical (unpaired) electrons. The van der Waals surface area contributed by atoms with Crippen LogP contribution in [0.4, 0.5) is 0 Å². The normalized spacial score (nSPS) is 19.5. The van der Waals surface area contributed by atoms with Crippen LogP contribution in [0, 0.1) is 6.92 Å². The first-order valence-electron chi connectivity index (χ1n) is 15.6. The van der Waals surface area contributed by atoms with E-state index in [1.165, 1.54) is 11.3 Å². The molecule has 1 aromatic carbocycles. The van der Waals surface area contributed by atoms with Gasteiger partial charge in [0.25, 0.3) is 0 Å². The lowest BCUT2D eigenvalue weighted by molar-refractivity contribution is -0.138. The quantitative estimate of drug-likeness (QED) is 0.171. The number of ether oxygens (including phenoxy) is 1. The van der Waals surface area contributed by atoms with Gasteiger partial charge in [-0.05, 0) is 76.4 Å². The molecule has 0 spiro atoms. The summed E-state index contributed by atoms with van der Waals surface area (Å²) in [5, 5.41) is 10.2. The van der Waals surface area contributed by atoms with Gasteiger partial charge in [-0.25, -0.2) is 9.97 Å². The number of ketones is 1. The molecular weight excluding hydrogens is 632 g/mol. The van der Waals surface area contributed by atoms with Crippen LogP contribution in [0.3, 0.4) is 0 Å². The molecule has 3 atom stereocenters. The topological polar surface area (TPSA) is 140 Å². The van der Waals surface area contributed by atoms with Crippen LogP contribution in [0.5, 0.6) is 0 Å². The van der Waals surface area contributed by atoms with Crippen molar-refractivity contribution in [3.63, 3.8) is 0 Å². The Morgan fingerprint density at radius 3 is 2.69 bits per heavy atom. The SMILES string of the molecule is Cc1sc(C2CCNCC2)nc1CC(=O)N1C[C@H](OCc2ccc(Cl)cc2)C[C@H]1C(=O)N[C@@H](CCCCN)C(=O)c1nccs1. The van der Waals surface area contributed by atoms with E-state index in [4.69, 9.17) is 27.1 Å². The lowest BCUT2D eigenvalue weighted by atomic mass is 9.99. The van der Waals surface area contributed by atoms with Crippen LogP contribution in [0.1, 0.15) is 75.4 Å². The molecule has 5 rings (SSSR count). The van der Waals surface area contributed by atoms with Gasteiger partial charge < -0.3 is 26.0 Å². The van der Waals surface area contributed by atoms with Gasteiger partial charge in [0.1, 0.15) is 6.04 Å². The number of aryl methyl sites for hydroxylation is 1. The van der Waals surface area contributed by atoms with E-state index >= 15 is 0 Å². The van der Waals surface area contributed by atoms with E-state index in [0.29, 0.717) is 48.4 Å². The highest BCUT2D eigenvalue weighted by Gasteiger charge is 2.41. The van der Waals surface area contributed by atoms with Crippen molar-refractivity contribution in [1.29, 1.82) is 0 Å². The fraction of sp³-hybridized carbons (Fsp3) is 0.531. The average Bonchev–Trinajstić information content (AvgIpc) is 3.81. The lowest BCUT2D eigenvalue weighted by Crippen LogP contribution is -2.51. The highest BCUT2D eigenvalue weighted by atomic mass is 35.5. The molecule has 0 aliphatic carbocycles. The number of nitrogens with one attached hydrogen (secondary N) is 2. The third kappa shape index (κ3) is 8.96. The number of rotatable bonds is 14. The summed E-state index contributed by atoms with van der Waals surface area (Å²) >= 11 is 8.95. The molecule has 2 saturated heterocycles. The maximum Gasteiger partial charge on any atom is 0.243 e. The van der Waals surface area contributed by atoms with E-state index < -0.39 is 12.1 Å². The lowest BCUT2D eigenvalue weighted by Gasteiger charge is -2.26. The number of likely N-dealkylation sites (tertiary alicyclic amines) is 1. The highest BCUT2D eigenvalue weighted by Crippen LogP contribution is 2.32. The molecule has 4 N–H and O–H groups in total. The molecule has 0 bridgehead atoms. The Bertz CT molecular complexity index is 1430. The Morgan fingerprint density at radius 2 is 1.98 bits per heavy atom. The van der Waals surface area contributed by atoms with Gasteiger partial charge in [0.15, 0.2) is 5.01 Å². The number of benzene rings is 1. The number of halogens is 1. The van der Waals surface area contributed by atoms with Crippen LogP contribution in [-0.2, 0) is 27.4 Å². The molecular formula is C32H41ClN6O4S2. The number of unbranched alkanes of at least 4 members (excludes halogenated alkanes) is 1. The average molecular weight is 673 g/mol. The van der Waals surface area contributed by atoms with Crippen LogP contribution in [0.25, 0.3) is 0 Å². The maximum atomic E-state index is 13.9. The Balaban J connectivity index is 1.31. The van der Waals surface area contributed by atoms with E-state index in [-0.39, 0.29) is 36.7 Å². The van der Waals surface area contributed by atoms with Crippen molar-refractivity contribution in [3.05, 3.63) is 67.0 Å². The minimum Gasteiger partial charge on any atom is -0.372 e. The van der Waals surface area contributed by atoms with Gasteiger partial charge in [-0.15, -0.1) is 22.7 Å². The van der Waals surface area contributed by atoms with Crippen LogP contribution in [-0.4, -0.2) is 76.8 Å². The van der Waals surface area contributed by atoms with Crippen molar-refractivity contribution in [2.24, 2.45) is 5.73 Å². The molecule has 2 aromatic heterocycles. The van der Waals surface area contributed by atoms with Gasteiger partial charge in [-0.2, -0.15) is 0 Å². The van der Waals surface area contributed by atoms with Crippen molar-refractivity contribution in [2.45, 2.75) is 82.6 Å². The number of nitrogens with zero attached hydrogens (tertiary/aromatic N) is 3. The fourth-order valence-corrected chi connectivity index (χ4v) is 7.73. The van der Waals surface area contributed by atoms with E-state index in [2.05, 4.69) is 15.6 Å². The van der Waals surface area contributed by atoms with Gasteiger partial charge in [-0.1, -0.05) is 23.7 Å². The van der Waals surface area contributed by atoms with E-state index in [1.54, 1.807) is 39.9 Å². The highest BCUT2D eigenvalue weighted by molar-refractivity contribution is 7.12. The summed E-state index contributed by atoms with van der Waals surface area (Å²) < 4.78 is 6.21. The Kier molecular flexibility index (Phi) is 12.1. The Morgan fingerprint density at radius 1 is 1.20 bits per heavy atom. The third-order valence-corrected chi connectivity index (χ3v) is 10.6. The Labute approximate surface area is 277 Å². The minimum atomic E-state index is -0.781. The van der Waals surface area contributed by atoms with Gasteiger partial charge in [0.2, 0.25) is 17.6 Å². The smallest absolute Gasteiger partial charge is 0.243 e. The number of carbonyl (C=O) groups excluding carboxylic acids is 3. The van der Waals surface area contributed by atoms with Crippen LogP contribution < -0.4 is 16.4 Å². The zero-order valence-electron chi connectivity index (χ0n) is 25.5. The zero-order chi connectivity index (χ0) is 31.8. The van der Waals surface area contributed by atoms with E-state index in [1.807, 2.05) is 19.1 Å². The number of Topliss-reactive ketones (excluding diaryl/α,β-unsaturated/α-hetero) is 1. The maximum absolute atomic E-state index is 13.9. The second kappa shape index (κ2) is 16.2. The van der Waals surface area contributed by atoms with E-state index in [9.17, 15) is 14.4 Å². The first kappa shape index (κ1) is 33.6. The third-order valence-electron chi connectivity index (χ3n) is 8.42. The van der Waals surface area contributed by atoms with Crippen LogP contribution >= 0.6 is 34.3 Å². The summed E-state index contributed by atoms with van der Waals surface area (Å²) in [5.74, 6) is -0.371. The predicted octanol–water partition coefficient (Wildman–Crippen LogP) is 4.25. The van der Waals surface area contributed by atoms with Gasteiger partial charge in [0, 0.05) is 40.4 Å². The molecule has 0 saturated carbocycles. The number of hydrogen-bond acceptors (Lipinski definition) is 10. The summed E-state index contributed by atoms with van der Waals surface area (Å²) in [7, 11) is 0. The van der Waals surface area contributed by atoms with Crippen LogP contribution in [0.2, 0.25) is 5.02 Å². The largest absolute Gasteiger partial charge is 0.372 e. The number of amides is 2. The molecule has 4 heterocycles. The van der Waals surface area contributed by atoms with E-state index in [0.717, 1.165) is 53.5 Å². The van der Waals surface area contributed by atoms with Crippen molar-refractivity contribution in [1.82, 2.24) is 25.5 Å². The van der Waals surface area contributed by atoms with Crippen molar-refractivity contribution >= 4 is 51.9 Å². The summed E-state index contributed by atoms with van der Waals surface area (Å²) in [4.78, 5) is 52.8. The molecule has 2 aliphatic heterocycles. The van der Waals surface area contributed by atoms with Gasteiger partial charge in [0.05, 0.1) is 35.9 Å². The van der Waals surface area contributed by atoms with Gasteiger partial charge in [-0.3, -0.25) is 14.4 Å². The summed E-state index contributed by atoms with van der Waals surface area (Å²) in [6, 6.07) is 5.86. The summed E-state index contributed by atoms with van der Waals surface area (Å²) in [6.45, 7) is 5.04. The number of nitrogens with two attached hydrogens (primary N) is 1. The second-order valence-corrected chi connectivity index (χ2v) is 14.2. The number of thiazole rings is 2. The molecule has 2 fully saturated rings. The number of hydrogen-bond donors (Lipinski definition) is 3. The summed E-state index contributed by atoms with van der Waals surface area (Å²) in [6.07, 6.45) is 5.58. The molecule has 2 amide bonds. The molecule has 10 nitrogen and oxygen atoms in total. The van der Waals surface area contributed by atoms with Crippen molar-refractivity contribution in [2.75, 3.05) is 26.2 Å². The molecule has 242 valence electrons. The number of piperidine rings is 1. The van der Waals surface area contributed by atoms with Crippen molar-refractivity contribution in [3.8, 4) is 0 Å². The zero-order valence-corrected chi connectivity index (χ0v) is 27.9. The number of carbonyl (C=O) groups is 3. The first-order valence-corrected chi connectivity index (χ1v) is 17.7. The molecule has 13 heteroatoms. The van der Waals surface area contributed by atoms with Gasteiger partial charge >= 0.3 is 0 Å². The van der Waals surface area contributed by atoms with Crippen molar-refractivity contribution < 1.29 is 19.1 Å². The van der Waals surface area contributed by atoms with Crippen LogP contribution in [0.15, 0.2) is 35.8 Å². The molecule has 3 aromatic rings.